The van der Waals surface area contributed by atoms with Gasteiger partial charge in [0, 0.05) is 25.5 Å². The summed E-state index contributed by atoms with van der Waals surface area (Å²) in [6, 6.07) is 16.1. The van der Waals surface area contributed by atoms with Crippen molar-refractivity contribution >= 4 is 23.4 Å². The van der Waals surface area contributed by atoms with E-state index < -0.39 is 0 Å². The van der Waals surface area contributed by atoms with Crippen LogP contribution < -0.4 is 10.2 Å². The van der Waals surface area contributed by atoms with Crippen LogP contribution in [0.4, 0.5) is 11.4 Å². The third-order valence-electron chi connectivity index (χ3n) is 3.73. The first-order chi connectivity index (χ1) is 10.1. The van der Waals surface area contributed by atoms with Crippen molar-refractivity contribution in [1.82, 2.24) is 0 Å². The van der Waals surface area contributed by atoms with Crippen LogP contribution in [0.1, 0.15) is 17.0 Å². The number of nitrogens with zero attached hydrogens (tertiary/aromatic N) is 1. The summed E-state index contributed by atoms with van der Waals surface area (Å²) < 4.78 is 0. The molecule has 3 nitrogen and oxygen atoms in total. The molecule has 21 heavy (non-hydrogen) atoms. The Labute approximate surface area is 124 Å². The number of benzene rings is 2. The topological polar surface area (TPSA) is 32.3 Å². The molecule has 0 saturated carbocycles. The van der Waals surface area contributed by atoms with E-state index in [-0.39, 0.29) is 11.8 Å². The molecule has 1 aliphatic rings. The van der Waals surface area contributed by atoms with Gasteiger partial charge in [0.1, 0.15) is 0 Å². The van der Waals surface area contributed by atoms with Crippen LogP contribution in [0.2, 0.25) is 0 Å². The zero-order valence-corrected chi connectivity index (χ0v) is 12.2. The van der Waals surface area contributed by atoms with Crippen molar-refractivity contribution in [1.29, 1.82) is 0 Å². The van der Waals surface area contributed by atoms with Crippen LogP contribution in [-0.2, 0) is 4.79 Å². The number of rotatable bonds is 3. The summed E-state index contributed by atoms with van der Waals surface area (Å²) in [5.41, 5.74) is 4.22. The number of amides is 1. The molecular formula is C18H18N2O. The molecule has 0 radical (unpaired) electrons. The van der Waals surface area contributed by atoms with Crippen LogP contribution in [0.15, 0.2) is 54.6 Å². The molecular weight excluding hydrogens is 260 g/mol. The third kappa shape index (κ3) is 2.68. The second-order valence-electron chi connectivity index (χ2n) is 5.40. The zero-order valence-electron chi connectivity index (χ0n) is 12.2. The quantitative estimate of drug-likeness (QED) is 0.932. The highest BCUT2D eigenvalue weighted by molar-refractivity contribution is 6.04. The average molecular weight is 278 g/mol. The molecule has 1 aliphatic heterocycles. The Kier molecular flexibility index (Phi) is 3.48. The van der Waals surface area contributed by atoms with Gasteiger partial charge in [-0.05, 0) is 29.3 Å². The molecule has 0 saturated heterocycles. The van der Waals surface area contributed by atoms with Crippen molar-refractivity contribution in [3.8, 4) is 0 Å². The van der Waals surface area contributed by atoms with Gasteiger partial charge >= 0.3 is 0 Å². The van der Waals surface area contributed by atoms with Crippen LogP contribution >= 0.6 is 0 Å². The van der Waals surface area contributed by atoms with Crippen LogP contribution in [0.25, 0.3) is 6.08 Å². The second kappa shape index (κ2) is 5.44. The van der Waals surface area contributed by atoms with Gasteiger partial charge in [0.05, 0.1) is 5.92 Å². The Hall–Kier alpha value is -2.55. The van der Waals surface area contributed by atoms with Gasteiger partial charge in [-0.25, -0.2) is 0 Å². The smallest absolute Gasteiger partial charge is 0.235 e. The molecule has 1 heterocycles. The van der Waals surface area contributed by atoms with E-state index in [1.54, 1.807) is 0 Å². The van der Waals surface area contributed by atoms with E-state index in [2.05, 4.69) is 34.5 Å². The van der Waals surface area contributed by atoms with Crippen molar-refractivity contribution < 1.29 is 4.79 Å². The molecule has 0 fully saturated rings. The summed E-state index contributed by atoms with van der Waals surface area (Å²) in [5.74, 6) is -0.160. The van der Waals surface area contributed by atoms with Gasteiger partial charge in [-0.3, -0.25) is 4.79 Å². The first-order valence-corrected chi connectivity index (χ1v) is 7.00. The molecule has 1 amide bonds. The SMILES string of the molecule is CN(C)c1ccc(C=CC2C(=O)Nc3ccccc32)cc1. The van der Waals surface area contributed by atoms with Crippen molar-refractivity contribution in [2.24, 2.45) is 0 Å². The molecule has 2 aromatic rings. The highest BCUT2D eigenvalue weighted by Gasteiger charge is 2.27. The number of anilines is 2. The lowest BCUT2D eigenvalue weighted by molar-refractivity contribution is -0.116. The van der Waals surface area contributed by atoms with E-state index in [4.69, 9.17) is 0 Å². The molecule has 2 aromatic carbocycles. The Morgan fingerprint density at radius 1 is 1.05 bits per heavy atom. The monoisotopic (exact) mass is 278 g/mol. The fourth-order valence-electron chi connectivity index (χ4n) is 2.52. The molecule has 0 spiro atoms. The molecule has 3 heteroatoms. The molecule has 3 rings (SSSR count). The van der Waals surface area contributed by atoms with Gasteiger partial charge < -0.3 is 10.2 Å². The van der Waals surface area contributed by atoms with E-state index in [0.29, 0.717) is 0 Å². The number of para-hydroxylation sites is 1. The number of nitrogens with one attached hydrogen (secondary N) is 1. The van der Waals surface area contributed by atoms with Gasteiger partial charge in [-0.1, -0.05) is 42.5 Å². The lowest BCUT2D eigenvalue weighted by Crippen LogP contribution is -2.09. The van der Waals surface area contributed by atoms with E-state index in [1.807, 2.05) is 50.5 Å². The molecule has 0 aromatic heterocycles. The average Bonchev–Trinajstić information content (AvgIpc) is 2.81. The van der Waals surface area contributed by atoms with E-state index in [1.165, 1.54) is 0 Å². The zero-order chi connectivity index (χ0) is 14.8. The van der Waals surface area contributed by atoms with Gasteiger partial charge in [0.15, 0.2) is 0 Å². The lowest BCUT2D eigenvalue weighted by atomic mass is 9.99. The first-order valence-electron chi connectivity index (χ1n) is 7.00. The number of carbonyl (C=O) groups is 1. The fraction of sp³-hybridized carbons (Fsp3) is 0.167. The number of hydrogen-bond donors (Lipinski definition) is 1. The van der Waals surface area contributed by atoms with Gasteiger partial charge in [0.25, 0.3) is 0 Å². The summed E-state index contributed by atoms with van der Waals surface area (Å²) in [6.07, 6.45) is 3.97. The minimum Gasteiger partial charge on any atom is -0.378 e. The maximum absolute atomic E-state index is 12.0. The largest absolute Gasteiger partial charge is 0.378 e. The van der Waals surface area contributed by atoms with Crippen molar-refractivity contribution in [3.05, 3.63) is 65.7 Å². The lowest BCUT2D eigenvalue weighted by Gasteiger charge is -2.11. The van der Waals surface area contributed by atoms with Crippen LogP contribution in [0, 0.1) is 0 Å². The molecule has 1 atom stereocenters. The maximum Gasteiger partial charge on any atom is 0.235 e. The number of fused-ring (bicyclic) bond motifs is 1. The Balaban J connectivity index is 1.81. The highest BCUT2D eigenvalue weighted by Crippen LogP contribution is 2.33. The Morgan fingerprint density at radius 3 is 2.48 bits per heavy atom. The number of carbonyl (C=O) groups excluding carboxylic acids is 1. The van der Waals surface area contributed by atoms with Crippen molar-refractivity contribution in [2.75, 3.05) is 24.3 Å². The number of hydrogen-bond acceptors (Lipinski definition) is 2. The summed E-state index contributed by atoms with van der Waals surface area (Å²) >= 11 is 0. The minimum atomic E-state index is -0.199. The molecule has 0 bridgehead atoms. The molecule has 1 N–H and O–H groups in total. The first kappa shape index (κ1) is 13.4. The highest BCUT2D eigenvalue weighted by atomic mass is 16.2. The van der Waals surface area contributed by atoms with Crippen molar-refractivity contribution in [2.45, 2.75) is 5.92 Å². The molecule has 106 valence electrons. The predicted octanol–water partition coefficient (Wildman–Crippen LogP) is 3.50. The standard InChI is InChI=1S/C18H18N2O/c1-20(2)14-10-7-13(8-11-14)9-12-16-15-5-3-4-6-17(15)19-18(16)21/h3-12,16H,1-2H3,(H,19,21). The van der Waals surface area contributed by atoms with Gasteiger partial charge in [-0.2, -0.15) is 0 Å². The van der Waals surface area contributed by atoms with E-state index in [9.17, 15) is 4.79 Å². The minimum absolute atomic E-state index is 0.0392. The Bertz CT molecular complexity index is 687. The summed E-state index contributed by atoms with van der Waals surface area (Å²) in [6.45, 7) is 0. The third-order valence-corrected chi connectivity index (χ3v) is 3.73. The van der Waals surface area contributed by atoms with Gasteiger partial charge in [-0.15, -0.1) is 0 Å². The normalized spacial score (nSPS) is 16.9. The van der Waals surface area contributed by atoms with Crippen molar-refractivity contribution in [3.63, 3.8) is 0 Å². The molecule has 1 unspecified atom stereocenters. The van der Waals surface area contributed by atoms with E-state index >= 15 is 0 Å². The van der Waals surface area contributed by atoms with Crippen LogP contribution in [0.5, 0.6) is 0 Å². The summed E-state index contributed by atoms with van der Waals surface area (Å²) in [5, 5.41) is 2.91. The summed E-state index contributed by atoms with van der Waals surface area (Å²) in [7, 11) is 4.04. The molecule has 0 aliphatic carbocycles. The summed E-state index contributed by atoms with van der Waals surface area (Å²) in [4.78, 5) is 14.1. The van der Waals surface area contributed by atoms with Crippen LogP contribution in [0.3, 0.4) is 0 Å². The van der Waals surface area contributed by atoms with E-state index in [0.717, 1.165) is 22.5 Å². The maximum atomic E-state index is 12.0. The fourth-order valence-corrected chi connectivity index (χ4v) is 2.52. The second-order valence-corrected chi connectivity index (χ2v) is 5.40. The Morgan fingerprint density at radius 2 is 1.76 bits per heavy atom. The van der Waals surface area contributed by atoms with Crippen LogP contribution in [-0.4, -0.2) is 20.0 Å². The predicted molar refractivity (Wildman–Crippen MR) is 87.6 cm³/mol. The van der Waals surface area contributed by atoms with Gasteiger partial charge in [0.2, 0.25) is 5.91 Å².